The third kappa shape index (κ3) is 2.25. The van der Waals surface area contributed by atoms with Crippen LogP contribution in [0.1, 0.15) is 12.6 Å². The number of nitrogens with two attached hydrogens (primary N) is 1. The molecule has 0 aliphatic carbocycles. The van der Waals surface area contributed by atoms with Crippen molar-refractivity contribution in [2.75, 3.05) is 12.3 Å². The van der Waals surface area contributed by atoms with Crippen LogP contribution in [0.2, 0.25) is 0 Å². The molecule has 3 heterocycles. The second kappa shape index (κ2) is 5.03. The Hall–Kier alpha value is -0.470. The first kappa shape index (κ1) is 13.0. The van der Waals surface area contributed by atoms with Crippen molar-refractivity contribution >= 4 is 54.7 Å². The van der Waals surface area contributed by atoms with Crippen molar-refractivity contribution in [2.24, 2.45) is 0 Å². The topological polar surface area (TPSA) is 99.1 Å². The first-order chi connectivity index (χ1) is 7.75. The molecule has 3 N–H and O–H groups in total. The van der Waals surface area contributed by atoms with Gasteiger partial charge in [-0.3, -0.25) is 4.57 Å². The Morgan fingerprint density at radius 3 is 2.94 bits per heavy atom. The number of aromatic nitrogens is 4. The number of hydrogen-bond acceptors (Lipinski definition) is 6. The third-order valence-corrected chi connectivity index (χ3v) is 2.65. The fraction of sp³-hybridized carbons (Fsp3) is 0.444. The average molecular weight is 261 g/mol. The SMILES string of the molecule is Nc1ncnc2c1ncn2[C@H]1C[C@H](O)CO1.[Ca]. The van der Waals surface area contributed by atoms with Crippen molar-refractivity contribution in [2.45, 2.75) is 18.8 Å². The van der Waals surface area contributed by atoms with Crippen molar-refractivity contribution < 1.29 is 9.84 Å². The van der Waals surface area contributed by atoms with Gasteiger partial charge < -0.3 is 15.6 Å². The van der Waals surface area contributed by atoms with Gasteiger partial charge in [0, 0.05) is 44.2 Å². The van der Waals surface area contributed by atoms with Crippen molar-refractivity contribution in [1.29, 1.82) is 0 Å². The van der Waals surface area contributed by atoms with Crippen LogP contribution in [0.4, 0.5) is 5.82 Å². The molecule has 86 valence electrons. The third-order valence-electron chi connectivity index (χ3n) is 2.65. The van der Waals surface area contributed by atoms with Gasteiger partial charge in [-0.05, 0) is 0 Å². The van der Waals surface area contributed by atoms with Crippen LogP contribution in [0.15, 0.2) is 12.7 Å². The molecule has 2 aromatic rings. The number of fused-ring (bicyclic) bond motifs is 1. The predicted molar refractivity (Wildman–Crippen MR) is 61.1 cm³/mol. The van der Waals surface area contributed by atoms with Crippen molar-refractivity contribution in [3.63, 3.8) is 0 Å². The van der Waals surface area contributed by atoms with Gasteiger partial charge in [-0.2, -0.15) is 0 Å². The molecule has 0 spiro atoms. The van der Waals surface area contributed by atoms with E-state index < -0.39 is 6.10 Å². The maximum atomic E-state index is 9.41. The first-order valence-electron chi connectivity index (χ1n) is 4.98. The summed E-state index contributed by atoms with van der Waals surface area (Å²) in [5, 5.41) is 9.41. The van der Waals surface area contributed by atoms with E-state index in [4.69, 9.17) is 10.5 Å². The summed E-state index contributed by atoms with van der Waals surface area (Å²) in [7, 11) is 0. The summed E-state index contributed by atoms with van der Waals surface area (Å²) in [4.78, 5) is 12.1. The molecule has 1 aliphatic heterocycles. The molecule has 1 fully saturated rings. The van der Waals surface area contributed by atoms with Gasteiger partial charge in [-0.25, -0.2) is 15.0 Å². The van der Waals surface area contributed by atoms with Gasteiger partial charge in [0.2, 0.25) is 0 Å². The van der Waals surface area contributed by atoms with E-state index in [1.54, 1.807) is 10.9 Å². The van der Waals surface area contributed by atoms with Gasteiger partial charge in [0.05, 0.1) is 19.0 Å². The Labute approximate surface area is 127 Å². The number of ether oxygens (including phenoxy) is 1. The minimum atomic E-state index is -0.429. The van der Waals surface area contributed by atoms with E-state index in [0.717, 1.165) is 0 Å². The summed E-state index contributed by atoms with van der Waals surface area (Å²) >= 11 is 0. The molecule has 17 heavy (non-hydrogen) atoms. The zero-order chi connectivity index (χ0) is 11.1. The Kier molecular flexibility index (Phi) is 3.84. The summed E-state index contributed by atoms with van der Waals surface area (Å²) in [5.74, 6) is 0.349. The zero-order valence-corrected chi connectivity index (χ0v) is 11.4. The number of nitrogens with zero attached hydrogens (tertiary/aromatic N) is 4. The number of nitrogen functional groups attached to an aromatic ring is 1. The maximum Gasteiger partial charge on any atom is 0.167 e. The molecule has 0 aromatic carbocycles. The van der Waals surface area contributed by atoms with E-state index in [2.05, 4.69) is 15.0 Å². The number of aliphatic hydroxyl groups is 1. The van der Waals surface area contributed by atoms with Crippen LogP contribution in [-0.4, -0.2) is 75.1 Å². The summed E-state index contributed by atoms with van der Waals surface area (Å²) in [6.45, 7) is 0.338. The van der Waals surface area contributed by atoms with E-state index in [1.165, 1.54) is 6.33 Å². The number of rotatable bonds is 1. The van der Waals surface area contributed by atoms with Gasteiger partial charge in [0.1, 0.15) is 18.1 Å². The molecule has 0 amide bonds. The van der Waals surface area contributed by atoms with Gasteiger partial charge in [-0.1, -0.05) is 0 Å². The normalized spacial score (nSPS) is 23.8. The molecule has 0 bridgehead atoms. The molecule has 2 radical (unpaired) electrons. The molecule has 1 aliphatic rings. The van der Waals surface area contributed by atoms with Crippen LogP contribution >= 0.6 is 0 Å². The van der Waals surface area contributed by atoms with Crippen LogP contribution < -0.4 is 5.73 Å². The molecule has 2 aromatic heterocycles. The van der Waals surface area contributed by atoms with E-state index in [-0.39, 0.29) is 44.0 Å². The van der Waals surface area contributed by atoms with E-state index in [9.17, 15) is 5.11 Å². The van der Waals surface area contributed by atoms with Crippen LogP contribution in [0.25, 0.3) is 11.2 Å². The molecular weight excluding hydrogens is 250 g/mol. The average Bonchev–Trinajstić information content (AvgIpc) is 2.84. The fourth-order valence-electron chi connectivity index (χ4n) is 1.87. The summed E-state index contributed by atoms with van der Waals surface area (Å²) < 4.78 is 7.20. The standard InChI is InChI=1S/C9H11N5O2.Ca/c10-8-7-9(12-3-11-8)14(4-13-7)6-1-5(15)2-16-6;/h3-6,15H,1-2H2,(H2,10,11,12);/t5-,6+;/m0./s1. The fourth-order valence-corrected chi connectivity index (χ4v) is 1.87. The minimum absolute atomic E-state index is 0. The summed E-state index contributed by atoms with van der Waals surface area (Å²) in [6, 6.07) is 0. The smallest absolute Gasteiger partial charge is 0.167 e. The van der Waals surface area contributed by atoms with E-state index in [1.807, 2.05) is 0 Å². The summed E-state index contributed by atoms with van der Waals surface area (Å²) in [6.07, 6.45) is 2.88. The number of imidazole rings is 1. The zero-order valence-electron chi connectivity index (χ0n) is 9.15. The Morgan fingerprint density at radius 1 is 1.41 bits per heavy atom. The van der Waals surface area contributed by atoms with Crippen LogP contribution in [-0.2, 0) is 4.74 Å². The summed E-state index contributed by atoms with van der Waals surface area (Å²) in [5.41, 5.74) is 6.87. The molecule has 7 nitrogen and oxygen atoms in total. The molecule has 2 atom stereocenters. The predicted octanol–water partition coefficient (Wildman–Crippen LogP) is -0.693. The molecule has 8 heteroatoms. The van der Waals surface area contributed by atoms with Crippen molar-refractivity contribution in [1.82, 2.24) is 19.5 Å². The molecular formula is C9H11CaN5O2. The molecule has 1 saturated heterocycles. The quantitative estimate of drug-likeness (QED) is 0.659. The second-order valence-electron chi connectivity index (χ2n) is 3.76. The van der Waals surface area contributed by atoms with Gasteiger partial charge in [-0.15, -0.1) is 0 Å². The minimum Gasteiger partial charge on any atom is -0.391 e. The second-order valence-corrected chi connectivity index (χ2v) is 3.76. The first-order valence-corrected chi connectivity index (χ1v) is 4.98. The Morgan fingerprint density at radius 2 is 2.24 bits per heavy atom. The molecule has 0 unspecified atom stereocenters. The van der Waals surface area contributed by atoms with E-state index in [0.29, 0.717) is 30.0 Å². The largest absolute Gasteiger partial charge is 0.391 e. The van der Waals surface area contributed by atoms with Gasteiger partial charge in [0.25, 0.3) is 0 Å². The Balaban J connectivity index is 0.00000108. The van der Waals surface area contributed by atoms with Crippen LogP contribution in [0.3, 0.4) is 0 Å². The number of aliphatic hydroxyl groups excluding tert-OH is 1. The van der Waals surface area contributed by atoms with Crippen LogP contribution in [0, 0.1) is 0 Å². The maximum absolute atomic E-state index is 9.41. The van der Waals surface area contributed by atoms with Crippen molar-refractivity contribution in [3.05, 3.63) is 12.7 Å². The number of anilines is 1. The van der Waals surface area contributed by atoms with Gasteiger partial charge >= 0.3 is 0 Å². The van der Waals surface area contributed by atoms with E-state index >= 15 is 0 Å². The monoisotopic (exact) mass is 261 g/mol. The molecule has 0 saturated carbocycles. The van der Waals surface area contributed by atoms with Gasteiger partial charge in [0.15, 0.2) is 11.5 Å². The van der Waals surface area contributed by atoms with Crippen molar-refractivity contribution in [3.8, 4) is 0 Å². The molecule has 3 rings (SSSR count). The van der Waals surface area contributed by atoms with Crippen LogP contribution in [0.5, 0.6) is 0 Å². The Bertz CT molecular complexity index is 531. The number of hydrogen-bond donors (Lipinski definition) is 2.